The number of carbonyl (C=O) groups is 2. The van der Waals surface area contributed by atoms with E-state index in [9.17, 15) is 9.59 Å². The van der Waals surface area contributed by atoms with Gasteiger partial charge >= 0.3 is 0 Å². The molecule has 1 amide bonds. The van der Waals surface area contributed by atoms with Crippen molar-refractivity contribution in [3.05, 3.63) is 60.1 Å². The molecule has 0 radical (unpaired) electrons. The van der Waals surface area contributed by atoms with Crippen molar-refractivity contribution >= 4 is 11.7 Å². The number of rotatable bonds is 4. The molecular weight excluding hydrogens is 266 g/mol. The molecule has 3 rings (SSSR count). The summed E-state index contributed by atoms with van der Waals surface area (Å²) in [6, 6.07) is 12.6. The Bertz CT molecular complexity index is 619. The van der Waals surface area contributed by atoms with Crippen LogP contribution < -0.4 is 0 Å². The summed E-state index contributed by atoms with van der Waals surface area (Å²) in [5.74, 6) is 0.303. The third kappa shape index (κ3) is 2.89. The maximum atomic E-state index is 12.4. The summed E-state index contributed by atoms with van der Waals surface area (Å²) >= 11 is 0. The fourth-order valence-corrected chi connectivity index (χ4v) is 2.81. The van der Waals surface area contributed by atoms with Gasteiger partial charge in [-0.3, -0.25) is 9.59 Å². The summed E-state index contributed by atoms with van der Waals surface area (Å²) in [7, 11) is 0. The summed E-state index contributed by atoms with van der Waals surface area (Å²) in [5.41, 5.74) is 0.704. The van der Waals surface area contributed by atoms with Gasteiger partial charge in [-0.25, -0.2) is 0 Å². The van der Waals surface area contributed by atoms with Crippen LogP contribution in [-0.4, -0.2) is 29.2 Å². The number of benzene rings is 1. The highest BCUT2D eigenvalue weighted by molar-refractivity contribution is 5.97. The number of furan rings is 1. The molecule has 108 valence electrons. The van der Waals surface area contributed by atoms with Crippen molar-refractivity contribution in [3.8, 4) is 0 Å². The molecule has 2 heterocycles. The fourth-order valence-electron chi connectivity index (χ4n) is 2.81. The second kappa shape index (κ2) is 5.95. The molecule has 1 aliphatic rings. The molecule has 1 fully saturated rings. The summed E-state index contributed by atoms with van der Waals surface area (Å²) < 4.78 is 5.17. The molecule has 0 aliphatic carbocycles. The molecule has 0 bridgehead atoms. The molecule has 1 aromatic heterocycles. The lowest BCUT2D eigenvalue weighted by molar-refractivity contribution is 0.0687. The quantitative estimate of drug-likeness (QED) is 0.810. The maximum Gasteiger partial charge on any atom is 0.289 e. The van der Waals surface area contributed by atoms with Gasteiger partial charge in [0.2, 0.25) is 0 Å². The molecule has 0 saturated carbocycles. The first-order chi connectivity index (χ1) is 10.3. The molecule has 2 aromatic rings. The minimum atomic E-state index is -0.122. The molecular formula is C17H17NO3. The Balaban J connectivity index is 1.70. The molecule has 1 aromatic carbocycles. The van der Waals surface area contributed by atoms with Crippen LogP contribution in [0.25, 0.3) is 0 Å². The SMILES string of the molecule is O=C(C[C@@H]1CCCN1C(=O)c1ccco1)c1ccccc1. The fraction of sp³-hybridized carbons (Fsp3) is 0.294. The van der Waals surface area contributed by atoms with Crippen LogP contribution in [-0.2, 0) is 0 Å². The Hall–Kier alpha value is -2.36. The average molecular weight is 283 g/mol. The lowest BCUT2D eigenvalue weighted by atomic mass is 10.0. The zero-order valence-corrected chi connectivity index (χ0v) is 11.7. The van der Waals surface area contributed by atoms with E-state index in [-0.39, 0.29) is 17.7 Å². The van der Waals surface area contributed by atoms with Crippen molar-refractivity contribution in [1.29, 1.82) is 0 Å². The molecule has 0 spiro atoms. The van der Waals surface area contributed by atoms with Crippen LogP contribution >= 0.6 is 0 Å². The Kier molecular flexibility index (Phi) is 3.86. The van der Waals surface area contributed by atoms with E-state index < -0.39 is 0 Å². The number of Topliss-reactive ketones (excluding diaryl/α,β-unsaturated/α-hetero) is 1. The molecule has 4 heteroatoms. The van der Waals surface area contributed by atoms with Crippen LogP contribution in [0.3, 0.4) is 0 Å². The van der Waals surface area contributed by atoms with Crippen molar-refractivity contribution in [2.75, 3.05) is 6.54 Å². The van der Waals surface area contributed by atoms with Gasteiger partial charge in [-0.05, 0) is 25.0 Å². The Morgan fingerprint density at radius 2 is 1.95 bits per heavy atom. The first-order valence-electron chi connectivity index (χ1n) is 7.18. The van der Waals surface area contributed by atoms with Gasteiger partial charge < -0.3 is 9.32 Å². The molecule has 1 aliphatic heterocycles. The van der Waals surface area contributed by atoms with Gasteiger partial charge in [0.05, 0.1) is 6.26 Å². The van der Waals surface area contributed by atoms with Gasteiger partial charge in [0, 0.05) is 24.6 Å². The lowest BCUT2D eigenvalue weighted by Gasteiger charge is -2.23. The standard InChI is InChI=1S/C17H17NO3/c19-15(13-6-2-1-3-7-13)12-14-8-4-10-18(14)17(20)16-9-5-11-21-16/h1-3,5-7,9,11,14H,4,8,10,12H2/t14-/m0/s1. The first-order valence-corrected chi connectivity index (χ1v) is 7.18. The number of carbonyl (C=O) groups excluding carboxylic acids is 2. The van der Waals surface area contributed by atoms with Crippen molar-refractivity contribution in [3.63, 3.8) is 0 Å². The first kappa shape index (κ1) is 13.6. The van der Waals surface area contributed by atoms with E-state index in [0.717, 1.165) is 12.8 Å². The zero-order chi connectivity index (χ0) is 14.7. The zero-order valence-electron chi connectivity index (χ0n) is 11.7. The predicted molar refractivity (Wildman–Crippen MR) is 78.2 cm³/mol. The van der Waals surface area contributed by atoms with Crippen LogP contribution in [0.2, 0.25) is 0 Å². The highest BCUT2D eigenvalue weighted by Gasteiger charge is 2.32. The molecule has 0 N–H and O–H groups in total. The highest BCUT2D eigenvalue weighted by Crippen LogP contribution is 2.24. The van der Waals surface area contributed by atoms with Gasteiger partial charge in [-0.15, -0.1) is 0 Å². The number of hydrogen-bond donors (Lipinski definition) is 0. The van der Waals surface area contributed by atoms with Gasteiger partial charge in [0.25, 0.3) is 5.91 Å². The Morgan fingerprint density at radius 3 is 2.67 bits per heavy atom. The van der Waals surface area contributed by atoms with E-state index in [4.69, 9.17) is 4.42 Å². The van der Waals surface area contributed by atoms with E-state index in [2.05, 4.69) is 0 Å². The number of ketones is 1. The normalized spacial score (nSPS) is 17.9. The number of hydrogen-bond acceptors (Lipinski definition) is 3. The van der Waals surface area contributed by atoms with Gasteiger partial charge in [-0.2, -0.15) is 0 Å². The van der Waals surface area contributed by atoms with Crippen LogP contribution in [0, 0.1) is 0 Å². The molecule has 1 saturated heterocycles. The largest absolute Gasteiger partial charge is 0.459 e. The summed E-state index contributed by atoms with van der Waals surface area (Å²) in [4.78, 5) is 26.4. The number of nitrogens with zero attached hydrogens (tertiary/aromatic N) is 1. The second-order valence-corrected chi connectivity index (χ2v) is 5.27. The Morgan fingerprint density at radius 1 is 1.14 bits per heavy atom. The van der Waals surface area contributed by atoms with Crippen molar-refractivity contribution in [2.45, 2.75) is 25.3 Å². The van der Waals surface area contributed by atoms with Crippen LogP contribution in [0.15, 0.2) is 53.1 Å². The number of amides is 1. The third-order valence-corrected chi connectivity index (χ3v) is 3.89. The van der Waals surface area contributed by atoms with Crippen molar-refractivity contribution in [2.24, 2.45) is 0 Å². The minimum Gasteiger partial charge on any atom is -0.459 e. The summed E-state index contributed by atoms with van der Waals surface area (Å²) in [6.45, 7) is 0.687. The molecule has 0 unspecified atom stereocenters. The monoisotopic (exact) mass is 283 g/mol. The van der Waals surface area contributed by atoms with E-state index in [1.54, 1.807) is 17.0 Å². The third-order valence-electron chi connectivity index (χ3n) is 3.89. The minimum absolute atomic E-state index is 0.0321. The summed E-state index contributed by atoms with van der Waals surface area (Å²) in [5, 5.41) is 0. The average Bonchev–Trinajstić information content (AvgIpc) is 3.19. The lowest BCUT2D eigenvalue weighted by Crippen LogP contribution is -2.36. The van der Waals surface area contributed by atoms with Gasteiger partial charge in [-0.1, -0.05) is 30.3 Å². The van der Waals surface area contributed by atoms with Crippen molar-refractivity contribution in [1.82, 2.24) is 4.90 Å². The van der Waals surface area contributed by atoms with Crippen molar-refractivity contribution < 1.29 is 14.0 Å². The van der Waals surface area contributed by atoms with Crippen LogP contribution in [0.4, 0.5) is 0 Å². The Labute approximate surface area is 123 Å². The predicted octanol–water partition coefficient (Wildman–Crippen LogP) is 3.16. The maximum absolute atomic E-state index is 12.4. The van der Waals surface area contributed by atoms with Gasteiger partial charge in [0.15, 0.2) is 11.5 Å². The topological polar surface area (TPSA) is 50.5 Å². The summed E-state index contributed by atoms with van der Waals surface area (Å²) in [6.07, 6.45) is 3.66. The van der Waals surface area contributed by atoms with E-state index in [1.807, 2.05) is 30.3 Å². The highest BCUT2D eigenvalue weighted by atomic mass is 16.3. The van der Waals surface area contributed by atoms with Crippen LogP contribution in [0.5, 0.6) is 0 Å². The van der Waals surface area contributed by atoms with E-state index in [1.165, 1.54) is 6.26 Å². The van der Waals surface area contributed by atoms with E-state index in [0.29, 0.717) is 24.3 Å². The number of likely N-dealkylation sites (tertiary alicyclic amines) is 1. The molecule has 1 atom stereocenters. The van der Waals surface area contributed by atoms with Crippen LogP contribution in [0.1, 0.15) is 40.2 Å². The smallest absolute Gasteiger partial charge is 0.289 e. The molecule has 21 heavy (non-hydrogen) atoms. The van der Waals surface area contributed by atoms with Gasteiger partial charge in [0.1, 0.15) is 0 Å². The van der Waals surface area contributed by atoms with E-state index >= 15 is 0 Å². The second-order valence-electron chi connectivity index (χ2n) is 5.27. The molecule has 4 nitrogen and oxygen atoms in total.